The van der Waals surface area contributed by atoms with Gasteiger partial charge in [0.05, 0.1) is 31.8 Å². The van der Waals surface area contributed by atoms with Crippen LogP contribution in [0.25, 0.3) is 0 Å². The van der Waals surface area contributed by atoms with Gasteiger partial charge in [0, 0.05) is 0 Å². The minimum Gasteiger partial charge on any atom is -0.395 e. The molecule has 0 spiro atoms. The second-order valence-electron chi connectivity index (χ2n) is 6.08. The number of hydrogen-bond donors (Lipinski definition) is 3. The third-order valence-electron chi connectivity index (χ3n) is 4.83. The van der Waals surface area contributed by atoms with Crippen LogP contribution in [0.5, 0.6) is 0 Å². The van der Waals surface area contributed by atoms with Crippen molar-refractivity contribution < 1.29 is 20.1 Å². The summed E-state index contributed by atoms with van der Waals surface area (Å²) in [7, 11) is 0. The molecule has 0 aromatic heterocycles. The molecular weight excluding hydrogens is 304 g/mol. The van der Waals surface area contributed by atoms with Crippen molar-refractivity contribution in [1.29, 1.82) is 0 Å². The molecule has 4 nitrogen and oxygen atoms in total. The molecule has 0 aliphatic heterocycles. The Bertz CT molecular complexity index is 587. The molecule has 3 N–H and O–H groups in total. The molecule has 0 bridgehead atoms. The molecule has 1 unspecified atom stereocenters. The van der Waals surface area contributed by atoms with Gasteiger partial charge in [0.25, 0.3) is 0 Å². The van der Waals surface area contributed by atoms with E-state index in [0.717, 1.165) is 11.1 Å². The Morgan fingerprint density at radius 3 is 1.75 bits per heavy atom. The second kappa shape index (κ2) is 8.40. The lowest BCUT2D eigenvalue weighted by molar-refractivity contribution is -0.200. The molecule has 0 aliphatic rings. The molecule has 0 fully saturated rings. The monoisotopic (exact) mass is 330 g/mol. The van der Waals surface area contributed by atoms with Gasteiger partial charge in [-0.25, -0.2) is 0 Å². The second-order valence-corrected chi connectivity index (χ2v) is 6.08. The highest BCUT2D eigenvalue weighted by molar-refractivity contribution is 5.27. The Balaban J connectivity index is 2.47. The maximum absolute atomic E-state index is 10.0. The maximum atomic E-state index is 10.0. The van der Waals surface area contributed by atoms with Gasteiger partial charge in [-0.15, -0.1) is 0 Å². The number of hydrogen-bond acceptors (Lipinski definition) is 4. The summed E-state index contributed by atoms with van der Waals surface area (Å²) < 4.78 is 6.31. The lowest BCUT2D eigenvalue weighted by Gasteiger charge is -2.47. The zero-order valence-corrected chi connectivity index (χ0v) is 14.1. The van der Waals surface area contributed by atoms with E-state index in [1.807, 2.05) is 67.6 Å². The number of ether oxygens (including phenoxy) is 1. The quantitative estimate of drug-likeness (QED) is 0.661. The van der Waals surface area contributed by atoms with Crippen molar-refractivity contribution in [1.82, 2.24) is 0 Å². The van der Waals surface area contributed by atoms with Crippen molar-refractivity contribution in [2.45, 2.75) is 25.6 Å². The van der Waals surface area contributed by atoms with Crippen LogP contribution in [0.2, 0.25) is 0 Å². The molecule has 1 atom stereocenters. The first kappa shape index (κ1) is 18.6. The SMILES string of the molecule is CCC(OCc1ccccc1)(c1ccccc1)C(CO)(CO)CO. The summed E-state index contributed by atoms with van der Waals surface area (Å²) in [4.78, 5) is 0. The van der Waals surface area contributed by atoms with Crippen LogP contribution in [-0.2, 0) is 16.9 Å². The van der Waals surface area contributed by atoms with Crippen LogP contribution < -0.4 is 0 Å². The first-order valence-corrected chi connectivity index (χ1v) is 8.24. The molecule has 0 saturated heterocycles. The van der Waals surface area contributed by atoms with E-state index in [1.54, 1.807) is 0 Å². The van der Waals surface area contributed by atoms with Gasteiger partial charge in [-0.2, -0.15) is 0 Å². The van der Waals surface area contributed by atoms with Crippen LogP contribution in [0.3, 0.4) is 0 Å². The summed E-state index contributed by atoms with van der Waals surface area (Å²) in [5.74, 6) is 0. The smallest absolute Gasteiger partial charge is 0.105 e. The zero-order chi connectivity index (χ0) is 17.5. The Hall–Kier alpha value is -1.72. The minimum absolute atomic E-state index is 0.325. The van der Waals surface area contributed by atoms with Crippen molar-refractivity contribution in [3.63, 3.8) is 0 Å². The molecule has 130 valence electrons. The third kappa shape index (κ3) is 3.37. The third-order valence-corrected chi connectivity index (χ3v) is 4.83. The van der Waals surface area contributed by atoms with Crippen molar-refractivity contribution >= 4 is 0 Å². The first-order valence-electron chi connectivity index (χ1n) is 8.24. The number of rotatable bonds is 9. The van der Waals surface area contributed by atoms with E-state index in [-0.39, 0.29) is 19.8 Å². The van der Waals surface area contributed by atoms with E-state index >= 15 is 0 Å². The van der Waals surface area contributed by atoms with Gasteiger partial charge in [0.1, 0.15) is 5.60 Å². The van der Waals surface area contributed by atoms with Crippen LogP contribution in [0.1, 0.15) is 24.5 Å². The predicted octanol–water partition coefficient (Wildman–Crippen LogP) is 2.47. The molecule has 0 saturated carbocycles. The summed E-state index contributed by atoms with van der Waals surface area (Å²) in [6.45, 7) is 1.13. The highest BCUT2D eigenvalue weighted by atomic mass is 16.5. The normalized spacial score (nSPS) is 14.3. The number of benzene rings is 2. The standard InChI is InChI=1S/C20H26O4/c1-2-20(18-11-7-4-8-12-18,19(14-21,15-22)16-23)24-13-17-9-5-3-6-10-17/h3-12,21-23H,2,13-16H2,1H3. The first-order chi connectivity index (χ1) is 11.7. The number of aliphatic hydroxyl groups excluding tert-OH is 3. The predicted molar refractivity (Wildman–Crippen MR) is 93.3 cm³/mol. The average Bonchev–Trinajstić information content (AvgIpc) is 2.67. The van der Waals surface area contributed by atoms with E-state index in [2.05, 4.69) is 0 Å². The van der Waals surface area contributed by atoms with Gasteiger partial charge in [0.15, 0.2) is 0 Å². The summed E-state index contributed by atoms with van der Waals surface area (Å²) in [5.41, 5.74) is -0.352. The molecule has 0 aliphatic carbocycles. The van der Waals surface area contributed by atoms with Gasteiger partial charge in [-0.05, 0) is 17.5 Å². The molecular formula is C20H26O4. The fourth-order valence-corrected chi connectivity index (χ4v) is 3.25. The van der Waals surface area contributed by atoms with Gasteiger partial charge < -0.3 is 20.1 Å². The van der Waals surface area contributed by atoms with E-state index in [1.165, 1.54) is 0 Å². The van der Waals surface area contributed by atoms with Crippen LogP contribution in [0.15, 0.2) is 60.7 Å². The highest BCUT2D eigenvalue weighted by Crippen LogP contribution is 2.46. The minimum atomic E-state index is -1.18. The van der Waals surface area contributed by atoms with Gasteiger partial charge in [-0.3, -0.25) is 0 Å². The van der Waals surface area contributed by atoms with Gasteiger partial charge >= 0.3 is 0 Å². The molecule has 2 aromatic rings. The van der Waals surface area contributed by atoms with Gasteiger partial charge in [-0.1, -0.05) is 67.6 Å². The van der Waals surface area contributed by atoms with Crippen molar-refractivity contribution in [3.8, 4) is 0 Å². The molecule has 0 radical (unpaired) electrons. The molecule has 0 amide bonds. The molecule has 4 heteroatoms. The lowest BCUT2D eigenvalue weighted by Crippen LogP contribution is -2.54. The summed E-state index contributed by atoms with van der Waals surface area (Å²) in [6.07, 6.45) is 0.505. The Morgan fingerprint density at radius 2 is 1.29 bits per heavy atom. The van der Waals surface area contributed by atoms with Crippen molar-refractivity contribution in [2.24, 2.45) is 5.41 Å². The lowest BCUT2D eigenvalue weighted by atomic mass is 9.67. The van der Waals surface area contributed by atoms with Crippen LogP contribution in [-0.4, -0.2) is 35.1 Å². The number of aliphatic hydroxyl groups is 3. The Labute approximate surface area is 143 Å². The average molecular weight is 330 g/mol. The van der Waals surface area contributed by atoms with E-state index in [9.17, 15) is 15.3 Å². The maximum Gasteiger partial charge on any atom is 0.105 e. The summed E-state index contributed by atoms with van der Waals surface area (Å²) >= 11 is 0. The fraction of sp³-hybridized carbons (Fsp3) is 0.400. The van der Waals surface area contributed by atoms with Crippen molar-refractivity contribution in [3.05, 3.63) is 71.8 Å². The molecule has 2 aromatic carbocycles. The highest BCUT2D eigenvalue weighted by Gasteiger charge is 2.52. The molecule has 2 rings (SSSR count). The zero-order valence-electron chi connectivity index (χ0n) is 14.1. The van der Waals surface area contributed by atoms with Crippen LogP contribution in [0.4, 0.5) is 0 Å². The molecule has 0 heterocycles. The molecule has 24 heavy (non-hydrogen) atoms. The van der Waals surface area contributed by atoms with E-state index in [0.29, 0.717) is 13.0 Å². The van der Waals surface area contributed by atoms with Crippen molar-refractivity contribution in [2.75, 3.05) is 19.8 Å². The Kier molecular flexibility index (Phi) is 6.52. The topological polar surface area (TPSA) is 69.9 Å². The van der Waals surface area contributed by atoms with Gasteiger partial charge in [0.2, 0.25) is 0 Å². The largest absolute Gasteiger partial charge is 0.395 e. The van der Waals surface area contributed by atoms with E-state index in [4.69, 9.17) is 4.74 Å². The summed E-state index contributed by atoms with van der Waals surface area (Å²) in [6, 6.07) is 19.2. The van der Waals surface area contributed by atoms with Crippen LogP contribution >= 0.6 is 0 Å². The Morgan fingerprint density at radius 1 is 0.792 bits per heavy atom. The summed E-state index contributed by atoms with van der Waals surface area (Å²) in [5, 5.41) is 30.0. The van der Waals surface area contributed by atoms with E-state index < -0.39 is 11.0 Å². The fourth-order valence-electron chi connectivity index (χ4n) is 3.25. The van der Waals surface area contributed by atoms with Crippen LogP contribution in [0, 0.1) is 5.41 Å².